The van der Waals surface area contributed by atoms with Gasteiger partial charge in [0.15, 0.2) is 0 Å². The summed E-state index contributed by atoms with van der Waals surface area (Å²) in [6.45, 7) is 8.75. The molecule has 1 aliphatic heterocycles. The SMILES string of the molecule is CCCCOc1ccc(C2C(C(=O)Nc3ccc(C)cc3C)=C(C)Nc3nc(SCc4ccccc4Cl)nn32)cc1. The van der Waals surface area contributed by atoms with Crippen LogP contribution in [0.15, 0.2) is 83.2 Å². The standard InChI is InChI=1S/C32H34ClN5O2S/c1-5-6-17-40-25-14-12-23(13-15-25)29-28(30(39)35-27-16-11-20(2)18-21(27)3)22(4)34-31-36-32(37-38(29)31)41-19-24-9-7-8-10-26(24)33/h7-16,18,29H,5-6,17,19H2,1-4H3,(H,35,39)(H,34,36,37). The van der Waals surface area contributed by atoms with Crippen molar-refractivity contribution in [3.63, 3.8) is 0 Å². The van der Waals surface area contributed by atoms with Crippen LogP contribution in [0.25, 0.3) is 0 Å². The molecular weight excluding hydrogens is 554 g/mol. The topological polar surface area (TPSA) is 81.1 Å². The summed E-state index contributed by atoms with van der Waals surface area (Å²) in [5, 5.41) is 12.6. The molecule has 5 rings (SSSR count). The minimum Gasteiger partial charge on any atom is -0.494 e. The van der Waals surface area contributed by atoms with Crippen LogP contribution in [0.1, 0.15) is 55.0 Å². The van der Waals surface area contributed by atoms with Crippen LogP contribution >= 0.6 is 23.4 Å². The van der Waals surface area contributed by atoms with Crippen LogP contribution in [0.4, 0.5) is 11.6 Å². The second kappa shape index (κ2) is 12.8. The smallest absolute Gasteiger partial charge is 0.255 e. The molecule has 41 heavy (non-hydrogen) atoms. The number of aryl methyl sites for hydroxylation is 2. The summed E-state index contributed by atoms with van der Waals surface area (Å²) in [5.74, 6) is 1.82. The predicted molar refractivity (Wildman–Crippen MR) is 167 cm³/mol. The molecule has 0 spiro atoms. The van der Waals surface area contributed by atoms with E-state index < -0.39 is 6.04 Å². The number of benzene rings is 3. The molecule has 3 aromatic carbocycles. The minimum absolute atomic E-state index is 0.193. The van der Waals surface area contributed by atoms with Gasteiger partial charge in [0.25, 0.3) is 5.91 Å². The van der Waals surface area contributed by atoms with Gasteiger partial charge in [0.05, 0.1) is 12.2 Å². The quantitative estimate of drug-likeness (QED) is 0.145. The van der Waals surface area contributed by atoms with Crippen LogP contribution in [-0.4, -0.2) is 27.3 Å². The van der Waals surface area contributed by atoms with Gasteiger partial charge in [-0.05, 0) is 68.1 Å². The van der Waals surface area contributed by atoms with Gasteiger partial charge >= 0.3 is 0 Å². The largest absolute Gasteiger partial charge is 0.494 e. The molecule has 0 saturated heterocycles. The van der Waals surface area contributed by atoms with Crippen molar-refractivity contribution in [1.82, 2.24) is 14.8 Å². The van der Waals surface area contributed by atoms with Crippen LogP contribution < -0.4 is 15.4 Å². The molecule has 2 heterocycles. The average molecular weight is 588 g/mol. The number of carbonyl (C=O) groups excluding carboxylic acids is 1. The Kier molecular flexibility index (Phi) is 9.00. The van der Waals surface area contributed by atoms with Gasteiger partial charge in [0.1, 0.15) is 11.8 Å². The van der Waals surface area contributed by atoms with Crippen LogP contribution in [0.5, 0.6) is 5.75 Å². The molecule has 0 bridgehead atoms. The first-order valence-electron chi connectivity index (χ1n) is 13.8. The number of halogens is 1. The Morgan fingerprint density at radius 2 is 1.88 bits per heavy atom. The lowest BCUT2D eigenvalue weighted by atomic mass is 9.94. The molecular formula is C32H34ClN5O2S. The van der Waals surface area contributed by atoms with Crippen LogP contribution in [0.3, 0.4) is 0 Å². The highest BCUT2D eigenvalue weighted by Crippen LogP contribution is 2.38. The summed E-state index contributed by atoms with van der Waals surface area (Å²) in [6, 6.07) is 21.2. The molecule has 9 heteroatoms. The number of hydrogen-bond acceptors (Lipinski definition) is 6. The molecule has 212 valence electrons. The van der Waals surface area contributed by atoms with E-state index in [1.807, 2.05) is 81.4 Å². The van der Waals surface area contributed by atoms with E-state index in [1.54, 1.807) is 4.68 Å². The van der Waals surface area contributed by atoms with Crippen molar-refractivity contribution in [3.05, 3.63) is 105 Å². The maximum atomic E-state index is 13.9. The Bertz CT molecular complexity index is 1580. The van der Waals surface area contributed by atoms with Gasteiger partial charge in [0, 0.05) is 22.2 Å². The van der Waals surface area contributed by atoms with Crippen molar-refractivity contribution >= 4 is 40.9 Å². The van der Waals surface area contributed by atoms with Crippen molar-refractivity contribution < 1.29 is 9.53 Å². The Morgan fingerprint density at radius 1 is 1.10 bits per heavy atom. The number of unbranched alkanes of at least 4 members (excludes halogenated alkanes) is 1. The van der Waals surface area contributed by atoms with E-state index in [0.717, 1.165) is 52.2 Å². The number of anilines is 2. The Balaban J connectivity index is 1.47. The molecule has 7 nitrogen and oxygen atoms in total. The van der Waals surface area contributed by atoms with Crippen molar-refractivity contribution in [2.24, 2.45) is 0 Å². The highest BCUT2D eigenvalue weighted by atomic mass is 35.5. The fourth-order valence-corrected chi connectivity index (χ4v) is 5.89. The molecule has 1 atom stereocenters. The van der Waals surface area contributed by atoms with Gasteiger partial charge in [-0.25, -0.2) is 4.68 Å². The predicted octanol–water partition coefficient (Wildman–Crippen LogP) is 7.95. The van der Waals surface area contributed by atoms with Crippen molar-refractivity contribution in [3.8, 4) is 5.75 Å². The van der Waals surface area contributed by atoms with Gasteiger partial charge in [-0.2, -0.15) is 4.98 Å². The fraction of sp³-hybridized carbons (Fsp3) is 0.281. The monoisotopic (exact) mass is 587 g/mol. The highest BCUT2D eigenvalue weighted by molar-refractivity contribution is 7.98. The van der Waals surface area contributed by atoms with Crippen molar-refractivity contribution in [1.29, 1.82) is 0 Å². The molecule has 1 aromatic heterocycles. The Labute approximate surface area is 250 Å². The first kappa shape index (κ1) is 28.8. The normalized spacial score (nSPS) is 14.4. The first-order valence-corrected chi connectivity index (χ1v) is 15.1. The Hall–Kier alpha value is -3.75. The van der Waals surface area contributed by atoms with Crippen LogP contribution in [0, 0.1) is 13.8 Å². The molecule has 1 amide bonds. The molecule has 0 aliphatic carbocycles. The molecule has 2 N–H and O–H groups in total. The number of aromatic nitrogens is 3. The lowest BCUT2D eigenvalue weighted by Crippen LogP contribution is -2.31. The molecule has 1 unspecified atom stereocenters. The lowest BCUT2D eigenvalue weighted by molar-refractivity contribution is -0.113. The van der Waals surface area contributed by atoms with E-state index in [4.69, 9.17) is 26.4 Å². The summed E-state index contributed by atoms with van der Waals surface area (Å²) in [7, 11) is 0. The summed E-state index contributed by atoms with van der Waals surface area (Å²) in [5.41, 5.74) is 6.15. The fourth-order valence-electron chi connectivity index (χ4n) is 4.78. The number of rotatable bonds is 10. The van der Waals surface area contributed by atoms with E-state index in [-0.39, 0.29) is 5.91 Å². The van der Waals surface area contributed by atoms with Gasteiger partial charge < -0.3 is 15.4 Å². The third-order valence-electron chi connectivity index (χ3n) is 6.98. The van der Waals surface area contributed by atoms with Gasteiger partial charge in [-0.3, -0.25) is 4.79 Å². The number of ether oxygens (including phenoxy) is 1. The third kappa shape index (κ3) is 6.60. The van der Waals surface area contributed by atoms with Gasteiger partial charge in [0.2, 0.25) is 11.1 Å². The van der Waals surface area contributed by atoms with Crippen LogP contribution in [-0.2, 0) is 10.5 Å². The Morgan fingerprint density at radius 3 is 2.61 bits per heavy atom. The molecule has 0 radical (unpaired) electrons. The summed E-state index contributed by atoms with van der Waals surface area (Å²) < 4.78 is 7.69. The number of thioether (sulfide) groups is 1. The number of carbonyl (C=O) groups is 1. The summed E-state index contributed by atoms with van der Waals surface area (Å²) in [4.78, 5) is 18.7. The molecule has 0 fully saturated rings. The number of hydrogen-bond donors (Lipinski definition) is 2. The number of nitrogens with zero attached hydrogens (tertiary/aromatic N) is 3. The summed E-state index contributed by atoms with van der Waals surface area (Å²) in [6.07, 6.45) is 2.07. The summed E-state index contributed by atoms with van der Waals surface area (Å²) >= 11 is 7.88. The van der Waals surface area contributed by atoms with E-state index in [0.29, 0.717) is 34.1 Å². The molecule has 4 aromatic rings. The maximum Gasteiger partial charge on any atom is 0.255 e. The van der Waals surface area contributed by atoms with E-state index in [2.05, 4.69) is 23.6 Å². The van der Waals surface area contributed by atoms with E-state index >= 15 is 0 Å². The minimum atomic E-state index is -0.483. The second-order valence-corrected chi connectivity index (χ2v) is 11.5. The zero-order valence-electron chi connectivity index (χ0n) is 23.7. The first-order chi connectivity index (χ1) is 19.8. The third-order valence-corrected chi connectivity index (χ3v) is 8.24. The van der Waals surface area contributed by atoms with Crippen molar-refractivity contribution in [2.45, 2.75) is 57.5 Å². The zero-order chi connectivity index (χ0) is 28.9. The van der Waals surface area contributed by atoms with Gasteiger partial charge in [-0.1, -0.05) is 84.7 Å². The zero-order valence-corrected chi connectivity index (χ0v) is 25.3. The van der Waals surface area contributed by atoms with Crippen LogP contribution in [0.2, 0.25) is 5.02 Å². The number of nitrogens with one attached hydrogen (secondary N) is 2. The lowest BCUT2D eigenvalue weighted by Gasteiger charge is -2.29. The van der Waals surface area contributed by atoms with Gasteiger partial charge in [-0.15, -0.1) is 5.10 Å². The molecule has 1 aliphatic rings. The molecule has 0 saturated carbocycles. The average Bonchev–Trinajstić information content (AvgIpc) is 3.36. The highest BCUT2D eigenvalue weighted by Gasteiger charge is 2.34. The second-order valence-electron chi connectivity index (χ2n) is 10.2. The number of allylic oxidation sites excluding steroid dienone is 1. The number of amides is 1. The van der Waals surface area contributed by atoms with E-state index in [1.165, 1.54) is 11.8 Å². The van der Waals surface area contributed by atoms with E-state index in [9.17, 15) is 4.79 Å². The van der Waals surface area contributed by atoms with Crippen molar-refractivity contribution in [2.75, 3.05) is 17.2 Å². The number of fused-ring (bicyclic) bond motifs is 1. The maximum absolute atomic E-state index is 13.9.